The summed E-state index contributed by atoms with van der Waals surface area (Å²) >= 11 is 0. The Morgan fingerprint density at radius 1 is 1.23 bits per heavy atom. The predicted octanol–water partition coefficient (Wildman–Crippen LogP) is 3.40. The van der Waals surface area contributed by atoms with E-state index < -0.39 is 0 Å². The molecule has 0 saturated carbocycles. The number of halogens is 1. The van der Waals surface area contributed by atoms with Crippen molar-refractivity contribution in [3.05, 3.63) is 34.9 Å². The monoisotopic (exact) mass is 419 g/mol. The zero-order valence-electron chi connectivity index (χ0n) is 14.6. The Bertz CT molecular complexity index is 487. The number of rotatable bonds is 6. The van der Waals surface area contributed by atoms with E-state index in [1.54, 1.807) is 7.11 Å². The van der Waals surface area contributed by atoms with E-state index in [4.69, 9.17) is 4.74 Å². The highest BCUT2D eigenvalue weighted by Gasteiger charge is 2.16. The van der Waals surface area contributed by atoms with Gasteiger partial charge in [-0.2, -0.15) is 0 Å². The first kappa shape index (κ1) is 21.2. The molecule has 22 heavy (non-hydrogen) atoms. The van der Waals surface area contributed by atoms with Crippen LogP contribution in [-0.4, -0.2) is 31.8 Å². The molecule has 0 bridgehead atoms. The van der Waals surface area contributed by atoms with Crippen LogP contribution in [0.1, 0.15) is 37.5 Å². The summed E-state index contributed by atoms with van der Waals surface area (Å²) in [5.41, 5.74) is 3.61. The van der Waals surface area contributed by atoms with Crippen molar-refractivity contribution in [2.24, 2.45) is 4.99 Å². The average Bonchev–Trinajstić information content (AvgIpc) is 2.43. The lowest BCUT2D eigenvalue weighted by molar-refractivity contribution is 0.0268. The Hall–Kier alpha value is -0.820. The molecule has 0 spiro atoms. The second-order valence-electron chi connectivity index (χ2n) is 5.94. The quantitative estimate of drug-likeness (QED) is 0.422. The smallest absolute Gasteiger partial charge is 0.191 e. The third kappa shape index (κ3) is 7.45. The summed E-state index contributed by atoms with van der Waals surface area (Å²) < 4.78 is 5.42. The molecule has 0 radical (unpaired) electrons. The molecule has 0 fully saturated rings. The maximum Gasteiger partial charge on any atom is 0.191 e. The predicted molar refractivity (Wildman–Crippen MR) is 105 cm³/mol. The highest BCUT2D eigenvalue weighted by atomic mass is 127. The maximum atomic E-state index is 5.42. The summed E-state index contributed by atoms with van der Waals surface area (Å²) in [6, 6.07) is 6.47. The van der Waals surface area contributed by atoms with Crippen molar-refractivity contribution in [2.75, 3.05) is 20.2 Å². The van der Waals surface area contributed by atoms with Crippen molar-refractivity contribution < 1.29 is 4.74 Å². The van der Waals surface area contributed by atoms with Crippen LogP contribution in [0.5, 0.6) is 0 Å². The highest BCUT2D eigenvalue weighted by molar-refractivity contribution is 14.0. The second kappa shape index (κ2) is 10.0. The molecule has 1 aromatic rings. The SMILES string of the molecule is CCNC(=NCc1ccc(C)cc1C)NCC(C)(C)OC.I. The second-order valence-corrected chi connectivity index (χ2v) is 5.94. The first-order chi connectivity index (χ1) is 9.88. The van der Waals surface area contributed by atoms with E-state index in [9.17, 15) is 0 Å². The summed E-state index contributed by atoms with van der Waals surface area (Å²) in [5, 5.41) is 6.59. The number of hydrogen-bond acceptors (Lipinski definition) is 2. The fourth-order valence-electron chi connectivity index (χ4n) is 1.90. The van der Waals surface area contributed by atoms with Gasteiger partial charge in [0.15, 0.2) is 5.96 Å². The largest absolute Gasteiger partial charge is 0.377 e. The lowest BCUT2D eigenvalue weighted by atomic mass is 10.1. The van der Waals surface area contributed by atoms with Crippen molar-refractivity contribution in [3.8, 4) is 0 Å². The Morgan fingerprint density at radius 3 is 2.45 bits per heavy atom. The standard InChI is InChI=1S/C17H29N3O.HI/c1-7-18-16(20-12-17(4,5)21-6)19-11-15-9-8-13(2)10-14(15)3;/h8-10H,7,11-12H2,1-6H3,(H2,18,19,20);1H. The van der Waals surface area contributed by atoms with E-state index in [2.05, 4.69) is 54.6 Å². The van der Waals surface area contributed by atoms with Crippen LogP contribution >= 0.6 is 24.0 Å². The molecule has 1 rings (SSSR count). The molecule has 2 N–H and O–H groups in total. The van der Waals surface area contributed by atoms with Crippen molar-refractivity contribution >= 4 is 29.9 Å². The van der Waals surface area contributed by atoms with Gasteiger partial charge in [-0.3, -0.25) is 0 Å². The van der Waals surface area contributed by atoms with Crippen LogP contribution in [0, 0.1) is 13.8 Å². The van der Waals surface area contributed by atoms with E-state index in [1.807, 2.05) is 13.8 Å². The van der Waals surface area contributed by atoms with E-state index >= 15 is 0 Å². The fourth-order valence-corrected chi connectivity index (χ4v) is 1.90. The summed E-state index contributed by atoms with van der Waals surface area (Å²) in [6.45, 7) is 12.6. The van der Waals surface area contributed by atoms with Gasteiger partial charge in [-0.15, -0.1) is 24.0 Å². The van der Waals surface area contributed by atoms with Gasteiger partial charge >= 0.3 is 0 Å². The maximum absolute atomic E-state index is 5.42. The van der Waals surface area contributed by atoms with Crippen LogP contribution in [0.3, 0.4) is 0 Å². The van der Waals surface area contributed by atoms with Crippen molar-refractivity contribution in [2.45, 2.75) is 46.8 Å². The van der Waals surface area contributed by atoms with Crippen LogP contribution in [0.25, 0.3) is 0 Å². The van der Waals surface area contributed by atoms with Gasteiger partial charge in [0, 0.05) is 20.2 Å². The topological polar surface area (TPSA) is 45.7 Å². The van der Waals surface area contributed by atoms with E-state index in [1.165, 1.54) is 16.7 Å². The lowest BCUT2D eigenvalue weighted by Gasteiger charge is -2.24. The molecule has 1 aromatic carbocycles. The third-order valence-corrected chi connectivity index (χ3v) is 3.48. The fraction of sp³-hybridized carbons (Fsp3) is 0.588. The molecule has 126 valence electrons. The first-order valence-corrected chi connectivity index (χ1v) is 7.51. The Labute approximate surface area is 152 Å². The number of aryl methyl sites for hydroxylation is 2. The molecule has 0 aromatic heterocycles. The van der Waals surface area contributed by atoms with Crippen LogP contribution in [0.4, 0.5) is 0 Å². The minimum atomic E-state index is -0.212. The minimum Gasteiger partial charge on any atom is -0.377 e. The Balaban J connectivity index is 0.00000441. The van der Waals surface area contributed by atoms with E-state index in [0.29, 0.717) is 13.1 Å². The Morgan fingerprint density at radius 2 is 1.91 bits per heavy atom. The number of methoxy groups -OCH3 is 1. The molecule has 0 heterocycles. The van der Waals surface area contributed by atoms with Gasteiger partial charge in [-0.1, -0.05) is 23.8 Å². The van der Waals surface area contributed by atoms with Gasteiger partial charge in [0.25, 0.3) is 0 Å². The molecule has 5 heteroatoms. The average molecular weight is 419 g/mol. The lowest BCUT2D eigenvalue weighted by Crippen LogP contribution is -2.45. The van der Waals surface area contributed by atoms with Gasteiger partial charge in [-0.25, -0.2) is 4.99 Å². The molecule has 0 atom stereocenters. The minimum absolute atomic E-state index is 0. The van der Waals surface area contributed by atoms with Crippen molar-refractivity contribution in [1.29, 1.82) is 0 Å². The normalized spacial score (nSPS) is 11.8. The van der Waals surface area contributed by atoms with E-state index in [-0.39, 0.29) is 29.6 Å². The molecule has 0 amide bonds. The van der Waals surface area contributed by atoms with Gasteiger partial charge in [0.05, 0.1) is 12.1 Å². The van der Waals surface area contributed by atoms with Gasteiger partial charge in [0.1, 0.15) is 0 Å². The van der Waals surface area contributed by atoms with Gasteiger partial charge in [0.2, 0.25) is 0 Å². The van der Waals surface area contributed by atoms with Gasteiger partial charge in [-0.05, 0) is 45.7 Å². The number of nitrogens with zero attached hydrogens (tertiary/aromatic N) is 1. The number of aliphatic imine (C=N–C) groups is 1. The number of hydrogen-bond donors (Lipinski definition) is 2. The number of ether oxygens (including phenoxy) is 1. The highest BCUT2D eigenvalue weighted by Crippen LogP contribution is 2.11. The zero-order valence-corrected chi connectivity index (χ0v) is 16.9. The molecule has 0 aliphatic carbocycles. The number of guanidine groups is 1. The van der Waals surface area contributed by atoms with Crippen LogP contribution in [0.2, 0.25) is 0 Å². The number of benzene rings is 1. The summed E-state index contributed by atoms with van der Waals surface area (Å²) in [6.07, 6.45) is 0. The Kier molecular flexibility index (Phi) is 9.67. The van der Waals surface area contributed by atoms with Crippen LogP contribution < -0.4 is 10.6 Å². The molecule has 4 nitrogen and oxygen atoms in total. The summed E-state index contributed by atoms with van der Waals surface area (Å²) in [7, 11) is 1.72. The molecule has 0 unspecified atom stereocenters. The summed E-state index contributed by atoms with van der Waals surface area (Å²) in [4.78, 5) is 4.65. The van der Waals surface area contributed by atoms with Crippen LogP contribution in [-0.2, 0) is 11.3 Å². The number of nitrogens with one attached hydrogen (secondary N) is 2. The first-order valence-electron chi connectivity index (χ1n) is 7.51. The molecular formula is C17H30IN3O. The third-order valence-electron chi connectivity index (χ3n) is 3.48. The van der Waals surface area contributed by atoms with E-state index in [0.717, 1.165) is 12.5 Å². The molecule has 0 aliphatic heterocycles. The summed E-state index contributed by atoms with van der Waals surface area (Å²) in [5.74, 6) is 0.822. The van der Waals surface area contributed by atoms with Crippen LogP contribution in [0.15, 0.2) is 23.2 Å². The molecule has 0 aliphatic rings. The van der Waals surface area contributed by atoms with Gasteiger partial charge < -0.3 is 15.4 Å². The van der Waals surface area contributed by atoms with Crippen molar-refractivity contribution in [1.82, 2.24) is 10.6 Å². The zero-order chi connectivity index (χ0) is 15.9. The molecular weight excluding hydrogens is 389 g/mol. The van der Waals surface area contributed by atoms with Crippen molar-refractivity contribution in [3.63, 3.8) is 0 Å². The molecule has 0 saturated heterocycles.